The third kappa shape index (κ3) is 7.43. The molecule has 0 bridgehead atoms. The van der Waals surface area contributed by atoms with Crippen LogP contribution in [0.5, 0.6) is 5.75 Å². The van der Waals surface area contributed by atoms with Crippen molar-refractivity contribution in [3.05, 3.63) is 101 Å². The minimum absolute atomic E-state index is 0.0206. The molecule has 3 atom stereocenters. The molecule has 4 rings (SSSR count). The number of hydrogen-bond acceptors (Lipinski definition) is 5. The van der Waals surface area contributed by atoms with Crippen molar-refractivity contribution in [2.24, 2.45) is 0 Å². The molecule has 1 amide bonds. The predicted octanol–water partition coefficient (Wildman–Crippen LogP) is 7.19. The van der Waals surface area contributed by atoms with Crippen LogP contribution >= 0.6 is 0 Å². The highest BCUT2D eigenvalue weighted by Crippen LogP contribution is 2.43. The highest BCUT2D eigenvalue weighted by atomic mass is 16.6. The van der Waals surface area contributed by atoms with Gasteiger partial charge in [0.15, 0.2) is 0 Å². The van der Waals surface area contributed by atoms with Crippen LogP contribution in [0.15, 0.2) is 78.9 Å². The third-order valence-corrected chi connectivity index (χ3v) is 7.71. The first-order valence-corrected chi connectivity index (χ1v) is 14.2. The standard InChI is InChI=1S/C34H43NO5/c1-25-22-34(30-10-7-6-8-11-30,20-9-21-39-24-28-14-18-31(38-5)19-15-28)40-32(36)35(25)26(2)29-16-12-27(13-17-29)23-33(3,4)37/h6-8,10-19,25-26,37H,9,20-24H2,1-5H3/t25?,26-,34+/m1/s1. The Labute approximate surface area is 238 Å². The smallest absolute Gasteiger partial charge is 0.411 e. The number of hydrogen-bond donors (Lipinski definition) is 1. The van der Waals surface area contributed by atoms with E-state index in [1.807, 2.05) is 78.6 Å². The lowest BCUT2D eigenvalue weighted by atomic mass is 9.81. The number of nitrogens with zero attached hydrogens (tertiary/aromatic N) is 1. The molecule has 6 heteroatoms. The molecule has 0 aliphatic carbocycles. The number of ether oxygens (including phenoxy) is 3. The molecule has 1 unspecified atom stereocenters. The van der Waals surface area contributed by atoms with Crippen LogP contribution in [0, 0.1) is 0 Å². The van der Waals surface area contributed by atoms with E-state index in [4.69, 9.17) is 14.2 Å². The highest BCUT2D eigenvalue weighted by Gasteiger charge is 2.46. The Morgan fingerprint density at radius 3 is 2.27 bits per heavy atom. The van der Waals surface area contributed by atoms with Crippen molar-refractivity contribution in [3.63, 3.8) is 0 Å². The largest absolute Gasteiger partial charge is 0.497 e. The minimum Gasteiger partial charge on any atom is -0.497 e. The van der Waals surface area contributed by atoms with E-state index in [0.29, 0.717) is 32.5 Å². The Balaban J connectivity index is 1.42. The average Bonchev–Trinajstić information content (AvgIpc) is 2.93. The van der Waals surface area contributed by atoms with Crippen LogP contribution in [-0.4, -0.2) is 41.5 Å². The lowest BCUT2D eigenvalue weighted by molar-refractivity contribution is -0.0879. The predicted molar refractivity (Wildman–Crippen MR) is 157 cm³/mol. The van der Waals surface area contributed by atoms with Crippen molar-refractivity contribution in [2.75, 3.05) is 13.7 Å². The number of carbonyl (C=O) groups is 1. The van der Waals surface area contributed by atoms with E-state index in [1.165, 1.54) is 0 Å². The normalized spacial score (nSPS) is 20.2. The molecule has 1 aliphatic rings. The third-order valence-electron chi connectivity index (χ3n) is 7.71. The molecule has 6 nitrogen and oxygen atoms in total. The molecule has 1 saturated heterocycles. The Kier molecular flexibility index (Phi) is 9.54. The topological polar surface area (TPSA) is 68.2 Å². The summed E-state index contributed by atoms with van der Waals surface area (Å²) in [6.07, 6.45) is 2.43. The van der Waals surface area contributed by atoms with Crippen LogP contribution in [0.1, 0.15) is 75.3 Å². The molecule has 3 aromatic rings. The van der Waals surface area contributed by atoms with E-state index in [1.54, 1.807) is 21.0 Å². The van der Waals surface area contributed by atoms with E-state index in [0.717, 1.165) is 34.4 Å². The second-order valence-corrected chi connectivity index (χ2v) is 11.6. The van der Waals surface area contributed by atoms with Gasteiger partial charge in [-0.3, -0.25) is 4.90 Å². The van der Waals surface area contributed by atoms with Gasteiger partial charge in [0, 0.05) is 25.5 Å². The van der Waals surface area contributed by atoms with Gasteiger partial charge in [-0.2, -0.15) is 0 Å². The van der Waals surface area contributed by atoms with Gasteiger partial charge in [0.25, 0.3) is 0 Å². The Morgan fingerprint density at radius 2 is 1.68 bits per heavy atom. The number of carbonyl (C=O) groups excluding carboxylic acids is 1. The first-order chi connectivity index (χ1) is 19.1. The zero-order valence-electron chi connectivity index (χ0n) is 24.4. The van der Waals surface area contributed by atoms with Gasteiger partial charge in [0.05, 0.1) is 25.4 Å². The number of amides is 1. The second-order valence-electron chi connectivity index (χ2n) is 11.6. The van der Waals surface area contributed by atoms with E-state index in [9.17, 15) is 9.90 Å². The van der Waals surface area contributed by atoms with Crippen LogP contribution < -0.4 is 4.74 Å². The van der Waals surface area contributed by atoms with Crippen LogP contribution in [0.4, 0.5) is 4.79 Å². The summed E-state index contributed by atoms with van der Waals surface area (Å²) in [6, 6.07) is 26.0. The number of methoxy groups -OCH3 is 1. The second kappa shape index (κ2) is 12.9. The first kappa shape index (κ1) is 29.6. The molecule has 1 aliphatic heterocycles. The molecular weight excluding hydrogens is 502 g/mol. The van der Waals surface area contributed by atoms with Crippen molar-refractivity contribution >= 4 is 6.09 Å². The fourth-order valence-corrected chi connectivity index (χ4v) is 5.72. The molecule has 1 fully saturated rings. The zero-order chi connectivity index (χ0) is 28.8. The lowest BCUT2D eigenvalue weighted by Crippen LogP contribution is -2.53. The van der Waals surface area contributed by atoms with Gasteiger partial charge in [-0.05, 0) is 74.9 Å². The number of benzene rings is 3. The maximum atomic E-state index is 13.6. The van der Waals surface area contributed by atoms with Crippen LogP contribution in [0.25, 0.3) is 0 Å². The molecule has 0 radical (unpaired) electrons. The molecule has 0 saturated carbocycles. The van der Waals surface area contributed by atoms with Gasteiger partial charge in [0.2, 0.25) is 0 Å². The summed E-state index contributed by atoms with van der Waals surface area (Å²) < 4.78 is 17.5. The Hall–Kier alpha value is -3.35. The maximum absolute atomic E-state index is 13.6. The molecule has 40 heavy (non-hydrogen) atoms. The summed E-state index contributed by atoms with van der Waals surface area (Å²) in [4.78, 5) is 15.5. The molecule has 1 heterocycles. The fourth-order valence-electron chi connectivity index (χ4n) is 5.72. The average molecular weight is 546 g/mol. The molecule has 0 spiro atoms. The van der Waals surface area contributed by atoms with Crippen molar-refractivity contribution in [1.29, 1.82) is 0 Å². The SMILES string of the molecule is COc1ccc(COCCC[C@@]2(c3ccccc3)CC(C)N([C@H](C)c3ccc(CC(C)(C)O)cc3)C(=O)O2)cc1. The van der Waals surface area contributed by atoms with Gasteiger partial charge < -0.3 is 19.3 Å². The quantitative estimate of drug-likeness (QED) is 0.244. The summed E-state index contributed by atoms with van der Waals surface area (Å²) in [5.41, 5.74) is 2.76. The van der Waals surface area contributed by atoms with Crippen molar-refractivity contribution < 1.29 is 24.1 Å². The maximum Gasteiger partial charge on any atom is 0.411 e. The molecular formula is C34H43NO5. The fraction of sp³-hybridized carbons (Fsp3) is 0.441. The zero-order valence-corrected chi connectivity index (χ0v) is 24.4. The number of aliphatic hydroxyl groups is 1. The summed E-state index contributed by atoms with van der Waals surface area (Å²) in [5, 5.41) is 10.1. The number of cyclic esters (lactones) is 1. The first-order valence-electron chi connectivity index (χ1n) is 14.2. The van der Waals surface area contributed by atoms with Gasteiger partial charge in [0.1, 0.15) is 11.4 Å². The van der Waals surface area contributed by atoms with Gasteiger partial charge in [-0.25, -0.2) is 4.79 Å². The summed E-state index contributed by atoms with van der Waals surface area (Å²) in [7, 11) is 1.66. The van der Waals surface area contributed by atoms with E-state index < -0.39 is 11.2 Å². The van der Waals surface area contributed by atoms with Crippen molar-refractivity contribution in [2.45, 2.75) is 83.3 Å². The van der Waals surface area contributed by atoms with Gasteiger partial charge in [-0.15, -0.1) is 0 Å². The molecule has 0 aromatic heterocycles. The summed E-state index contributed by atoms with van der Waals surface area (Å²) >= 11 is 0. The number of rotatable bonds is 12. The Bertz CT molecular complexity index is 1220. The Morgan fingerprint density at radius 1 is 1.02 bits per heavy atom. The molecule has 3 aromatic carbocycles. The van der Waals surface area contributed by atoms with Crippen LogP contribution in [-0.2, 0) is 28.1 Å². The van der Waals surface area contributed by atoms with Gasteiger partial charge in [-0.1, -0.05) is 66.7 Å². The van der Waals surface area contributed by atoms with Crippen LogP contribution in [0.3, 0.4) is 0 Å². The van der Waals surface area contributed by atoms with E-state index >= 15 is 0 Å². The lowest BCUT2D eigenvalue weighted by Gasteiger charge is -2.47. The van der Waals surface area contributed by atoms with E-state index in [2.05, 4.69) is 19.1 Å². The van der Waals surface area contributed by atoms with Crippen molar-refractivity contribution in [3.8, 4) is 5.75 Å². The molecule has 214 valence electrons. The van der Waals surface area contributed by atoms with Crippen LogP contribution in [0.2, 0.25) is 0 Å². The van der Waals surface area contributed by atoms with Gasteiger partial charge >= 0.3 is 6.09 Å². The highest BCUT2D eigenvalue weighted by molar-refractivity contribution is 5.70. The summed E-state index contributed by atoms with van der Waals surface area (Å²) in [5.74, 6) is 0.827. The monoisotopic (exact) mass is 545 g/mol. The summed E-state index contributed by atoms with van der Waals surface area (Å²) in [6.45, 7) is 8.87. The van der Waals surface area contributed by atoms with E-state index in [-0.39, 0.29) is 18.2 Å². The minimum atomic E-state index is -0.764. The molecule has 1 N–H and O–H groups in total. The van der Waals surface area contributed by atoms with Crippen molar-refractivity contribution in [1.82, 2.24) is 4.90 Å².